The van der Waals surface area contributed by atoms with Gasteiger partial charge in [-0.25, -0.2) is 0 Å². The normalized spacial score (nSPS) is 14.1. The molecule has 1 unspecified atom stereocenters. The van der Waals surface area contributed by atoms with Gasteiger partial charge in [-0.15, -0.1) is 0 Å². The van der Waals surface area contributed by atoms with Crippen molar-refractivity contribution in [1.29, 1.82) is 0 Å². The molecule has 6 nitrogen and oxygen atoms in total. The highest BCUT2D eigenvalue weighted by molar-refractivity contribution is 5.98. The van der Waals surface area contributed by atoms with Crippen LogP contribution in [-0.2, 0) is 4.79 Å². The molecule has 1 aliphatic carbocycles. The Morgan fingerprint density at radius 2 is 1.82 bits per heavy atom. The molecule has 0 heterocycles. The SMILES string of the molecule is CCOc1ccccc1C(=O)NCC(=O)NC(c1ccc(OC)cc1)C1CC1. The molecule has 2 amide bonds. The number of amides is 2. The Labute approximate surface area is 165 Å². The van der Waals surface area contributed by atoms with Crippen LogP contribution in [-0.4, -0.2) is 32.1 Å². The molecule has 2 aromatic rings. The van der Waals surface area contributed by atoms with Crippen LogP contribution in [0.5, 0.6) is 11.5 Å². The number of carbonyl (C=O) groups excluding carboxylic acids is 2. The van der Waals surface area contributed by atoms with E-state index in [-0.39, 0.29) is 24.4 Å². The van der Waals surface area contributed by atoms with Crippen molar-refractivity contribution in [3.63, 3.8) is 0 Å². The molecule has 2 N–H and O–H groups in total. The first kappa shape index (κ1) is 19.7. The predicted molar refractivity (Wildman–Crippen MR) is 107 cm³/mol. The zero-order valence-corrected chi connectivity index (χ0v) is 16.2. The summed E-state index contributed by atoms with van der Waals surface area (Å²) in [6, 6.07) is 14.7. The zero-order valence-electron chi connectivity index (χ0n) is 16.2. The zero-order chi connectivity index (χ0) is 19.9. The van der Waals surface area contributed by atoms with Crippen molar-refractivity contribution in [1.82, 2.24) is 10.6 Å². The maximum Gasteiger partial charge on any atom is 0.255 e. The smallest absolute Gasteiger partial charge is 0.255 e. The van der Waals surface area contributed by atoms with Gasteiger partial charge in [-0.1, -0.05) is 24.3 Å². The van der Waals surface area contributed by atoms with Crippen molar-refractivity contribution in [2.45, 2.75) is 25.8 Å². The molecule has 1 saturated carbocycles. The molecule has 2 aromatic carbocycles. The van der Waals surface area contributed by atoms with Crippen LogP contribution < -0.4 is 20.1 Å². The second-order valence-electron chi connectivity index (χ2n) is 6.77. The Bertz CT molecular complexity index is 816. The van der Waals surface area contributed by atoms with Gasteiger partial charge >= 0.3 is 0 Å². The van der Waals surface area contributed by atoms with Gasteiger partial charge in [0.15, 0.2) is 0 Å². The lowest BCUT2D eigenvalue weighted by atomic mass is 10.0. The molecular weight excluding hydrogens is 356 g/mol. The lowest BCUT2D eigenvalue weighted by Crippen LogP contribution is -2.39. The average molecular weight is 382 g/mol. The summed E-state index contributed by atoms with van der Waals surface area (Å²) in [6.45, 7) is 2.24. The summed E-state index contributed by atoms with van der Waals surface area (Å²) in [5.74, 6) is 1.19. The first-order valence-electron chi connectivity index (χ1n) is 9.55. The molecule has 148 valence electrons. The van der Waals surface area contributed by atoms with Crippen molar-refractivity contribution in [3.8, 4) is 11.5 Å². The fraction of sp³-hybridized carbons (Fsp3) is 0.364. The number of hydrogen-bond donors (Lipinski definition) is 2. The summed E-state index contributed by atoms with van der Waals surface area (Å²) in [5.41, 5.74) is 1.47. The molecule has 0 radical (unpaired) electrons. The second-order valence-corrected chi connectivity index (χ2v) is 6.77. The van der Waals surface area contributed by atoms with Gasteiger partial charge in [-0.3, -0.25) is 9.59 Å². The molecule has 0 saturated heterocycles. The molecule has 1 aliphatic rings. The van der Waals surface area contributed by atoms with Crippen LogP contribution in [0.2, 0.25) is 0 Å². The van der Waals surface area contributed by atoms with Gasteiger partial charge < -0.3 is 20.1 Å². The first-order chi connectivity index (χ1) is 13.6. The molecule has 28 heavy (non-hydrogen) atoms. The third-order valence-corrected chi connectivity index (χ3v) is 4.73. The second kappa shape index (κ2) is 9.26. The summed E-state index contributed by atoms with van der Waals surface area (Å²) in [5, 5.41) is 5.73. The maximum absolute atomic E-state index is 12.4. The summed E-state index contributed by atoms with van der Waals surface area (Å²) < 4.78 is 10.7. The summed E-state index contributed by atoms with van der Waals surface area (Å²) in [7, 11) is 1.63. The number of nitrogens with one attached hydrogen (secondary N) is 2. The van der Waals surface area contributed by atoms with Crippen LogP contribution in [0.3, 0.4) is 0 Å². The monoisotopic (exact) mass is 382 g/mol. The van der Waals surface area contributed by atoms with E-state index in [4.69, 9.17) is 9.47 Å². The maximum atomic E-state index is 12.4. The Morgan fingerprint density at radius 1 is 1.11 bits per heavy atom. The number of methoxy groups -OCH3 is 1. The van der Waals surface area contributed by atoms with Crippen LogP contribution in [0, 0.1) is 5.92 Å². The van der Waals surface area contributed by atoms with E-state index in [0.29, 0.717) is 23.8 Å². The number of benzene rings is 2. The van der Waals surface area contributed by atoms with Gasteiger partial charge in [0.2, 0.25) is 5.91 Å². The Hall–Kier alpha value is -3.02. The lowest BCUT2D eigenvalue weighted by Gasteiger charge is -2.19. The third kappa shape index (κ3) is 5.03. The van der Waals surface area contributed by atoms with Crippen molar-refractivity contribution < 1.29 is 19.1 Å². The van der Waals surface area contributed by atoms with E-state index in [1.807, 2.05) is 37.3 Å². The Kier molecular flexibility index (Phi) is 6.53. The molecular formula is C22H26N2O4. The fourth-order valence-electron chi connectivity index (χ4n) is 3.13. The van der Waals surface area contributed by atoms with Crippen LogP contribution in [0.25, 0.3) is 0 Å². The molecule has 3 rings (SSSR count). The van der Waals surface area contributed by atoms with Crippen LogP contribution in [0.15, 0.2) is 48.5 Å². The standard InChI is InChI=1S/C22H26N2O4/c1-3-28-19-7-5-4-6-18(19)22(26)23-14-20(25)24-21(15-8-9-15)16-10-12-17(27-2)13-11-16/h4-7,10-13,15,21H,3,8-9,14H2,1-2H3,(H,23,26)(H,24,25). The van der Waals surface area contributed by atoms with Crippen LogP contribution in [0.1, 0.15) is 41.7 Å². The van der Waals surface area contributed by atoms with Crippen molar-refractivity contribution in [2.75, 3.05) is 20.3 Å². The van der Waals surface area contributed by atoms with Crippen LogP contribution in [0.4, 0.5) is 0 Å². The summed E-state index contributed by atoms with van der Waals surface area (Å²) >= 11 is 0. The molecule has 0 aliphatic heterocycles. The molecule has 1 atom stereocenters. The number of hydrogen-bond acceptors (Lipinski definition) is 4. The highest BCUT2D eigenvalue weighted by Gasteiger charge is 2.33. The topological polar surface area (TPSA) is 76.7 Å². The van der Waals surface area contributed by atoms with Crippen LogP contribution >= 0.6 is 0 Å². The summed E-state index contributed by atoms with van der Waals surface area (Å²) in [4.78, 5) is 24.9. The van der Waals surface area contributed by atoms with Gasteiger partial charge in [0.1, 0.15) is 11.5 Å². The minimum Gasteiger partial charge on any atom is -0.497 e. The van der Waals surface area contributed by atoms with E-state index in [2.05, 4.69) is 10.6 Å². The van der Waals surface area contributed by atoms with Gasteiger partial charge in [0.25, 0.3) is 5.91 Å². The van der Waals surface area contributed by atoms with E-state index in [1.54, 1.807) is 25.3 Å². The van der Waals surface area contributed by atoms with Crippen molar-refractivity contribution in [2.24, 2.45) is 5.92 Å². The minimum atomic E-state index is -0.327. The van der Waals surface area contributed by atoms with E-state index in [0.717, 1.165) is 24.2 Å². The average Bonchev–Trinajstić information content (AvgIpc) is 3.56. The molecule has 6 heteroatoms. The summed E-state index contributed by atoms with van der Waals surface area (Å²) in [6.07, 6.45) is 2.18. The third-order valence-electron chi connectivity index (χ3n) is 4.73. The highest BCUT2D eigenvalue weighted by Crippen LogP contribution is 2.41. The quantitative estimate of drug-likeness (QED) is 0.699. The van der Waals surface area contributed by atoms with E-state index in [1.165, 1.54) is 0 Å². The highest BCUT2D eigenvalue weighted by atomic mass is 16.5. The fourth-order valence-corrected chi connectivity index (χ4v) is 3.13. The van der Waals surface area contributed by atoms with E-state index < -0.39 is 0 Å². The van der Waals surface area contributed by atoms with Gasteiger partial charge in [0, 0.05) is 0 Å². The van der Waals surface area contributed by atoms with Gasteiger partial charge in [-0.2, -0.15) is 0 Å². The Morgan fingerprint density at radius 3 is 2.46 bits per heavy atom. The predicted octanol–water partition coefficient (Wildman–Crippen LogP) is 3.09. The van der Waals surface area contributed by atoms with E-state index >= 15 is 0 Å². The number of para-hydroxylation sites is 1. The Balaban J connectivity index is 1.58. The van der Waals surface area contributed by atoms with Crippen molar-refractivity contribution >= 4 is 11.8 Å². The lowest BCUT2D eigenvalue weighted by molar-refractivity contribution is -0.121. The minimum absolute atomic E-state index is 0.0500. The van der Waals surface area contributed by atoms with E-state index in [9.17, 15) is 9.59 Å². The first-order valence-corrected chi connectivity index (χ1v) is 9.55. The molecule has 0 aromatic heterocycles. The van der Waals surface area contributed by atoms with Gasteiger partial charge in [-0.05, 0) is 55.5 Å². The number of rotatable bonds is 9. The number of ether oxygens (including phenoxy) is 2. The van der Waals surface area contributed by atoms with Crippen molar-refractivity contribution in [3.05, 3.63) is 59.7 Å². The number of carbonyl (C=O) groups is 2. The largest absolute Gasteiger partial charge is 0.497 e. The molecule has 1 fully saturated rings. The van der Waals surface area contributed by atoms with Gasteiger partial charge in [0.05, 0.1) is 31.9 Å². The molecule has 0 spiro atoms. The molecule has 0 bridgehead atoms.